The van der Waals surface area contributed by atoms with Gasteiger partial charge in [0.1, 0.15) is 0 Å². The maximum atomic E-state index is 5.54. The van der Waals surface area contributed by atoms with E-state index in [9.17, 15) is 0 Å². The van der Waals surface area contributed by atoms with Crippen LogP contribution < -0.4 is 10.6 Å². The minimum atomic E-state index is 0. The second-order valence-electron chi connectivity index (χ2n) is 8.19. The van der Waals surface area contributed by atoms with Crippen molar-refractivity contribution in [3.05, 3.63) is 22.4 Å². The summed E-state index contributed by atoms with van der Waals surface area (Å²) in [6.45, 7) is 6.60. The van der Waals surface area contributed by atoms with Gasteiger partial charge in [-0.25, -0.2) is 0 Å². The number of hydrogen-bond donors (Lipinski definition) is 2. The van der Waals surface area contributed by atoms with Crippen LogP contribution in [0, 0.1) is 0 Å². The smallest absolute Gasteiger partial charge is 0.191 e. The molecular formula is C22H40IN5OS. The van der Waals surface area contributed by atoms with Gasteiger partial charge in [-0.05, 0) is 44.3 Å². The zero-order valence-electron chi connectivity index (χ0n) is 18.6. The lowest BCUT2D eigenvalue weighted by atomic mass is 9.94. The highest BCUT2D eigenvalue weighted by Crippen LogP contribution is 2.25. The van der Waals surface area contributed by atoms with E-state index in [4.69, 9.17) is 4.74 Å². The van der Waals surface area contributed by atoms with Gasteiger partial charge in [0.25, 0.3) is 0 Å². The Morgan fingerprint density at radius 2 is 2.03 bits per heavy atom. The number of nitrogens with zero attached hydrogens (tertiary/aromatic N) is 3. The van der Waals surface area contributed by atoms with Crippen LogP contribution in [0.1, 0.15) is 49.4 Å². The lowest BCUT2D eigenvalue weighted by Crippen LogP contribution is -2.46. The predicted molar refractivity (Wildman–Crippen MR) is 138 cm³/mol. The minimum Gasteiger partial charge on any atom is -0.379 e. The molecule has 1 aliphatic heterocycles. The molecule has 0 spiro atoms. The van der Waals surface area contributed by atoms with Crippen LogP contribution in [0.3, 0.4) is 0 Å². The molecule has 0 aromatic carbocycles. The third kappa shape index (κ3) is 8.26. The van der Waals surface area contributed by atoms with E-state index in [1.807, 2.05) is 18.4 Å². The lowest BCUT2D eigenvalue weighted by Gasteiger charge is -2.34. The van der Waals surface area contributed by atoms with Gasteiger partial charge in [0.15, 0.2) is 5.96 Å². The van der Waals surface area contributed by atoms with Gasteiger partial charge in [0.05, 0.1) is 19.3 Å². The zero-order valence-corrected chi connectivity index (χ0v) is 21.8. The molecule has 1 atom stereocenters. The van der Waals surface area contributed by atoms with Crippen LogP contribution in [0.4, 0.5) is 0 Å². The Morgan fingerprint density at radius 3 is 2.70 bits per heavy atom. The Balaban J connectivity index is 0.00000320. The normalized spacial score (nSPS) is 20.0. The first-order valence-electron chi connectivity index (χ1n) is 11.3. The van der Waals surface area contributed by atoms with Gasteiger partial charge in [-0.3, -0.25) is 9.89 Å². The first-order valence-corrected chi connectivity index (χ1v) is 12.2. The van der Waals surface area contributed by atoms with Crippen LogP contribution in [-0.2, 0) is 4.74 Å². The molecule has 1 aromatic heterocycles. The second kappa shape index (κ2) is 14.6. The summed E-state index contributed by atoms with van der Waals surface area (Å²) >= 11 is 1.83. The highest BCUT2D eigenvalue weighted by Gasteiger charge is 2.23. The number of thiophene rings is 1. The molecule has 30 heavy (non-hydrogen) atoms. The van der Waals surface area contributed by atoms with Crippen LogP contribution in [0.5, 0.6) is 0 Å². The van der Waals surface area contributed by atoms with Gasteiger partial charge >= 0.3 is 0 Å². The Bertz CT molecular complexity index is 588. The first-order chi connectivity index (χ1) is 14.3. The largest absolute Gasteiger partial charge is 0.379 e. The number of halogens is 1. The summed E-state index contributed by atoms with van der Waals surface area (Å²) in [5.41, 5.74) is 0. The Morgan fingerprint density at radius 1 is 1.27 bits per heavy atom. The van der Waals surface area contributed by atoms with Gasteiger partial charge in [0.2, 0.25) is 0 Å². The molecule has 2 N–H and O–H groups in total. The summed E-state index contributed by atoms with van der Waals surface area (Å²) in [4.78, 5) is 10.9. The third-order valence-corrected chi connectivity index (χ3v) is 7.20. The summed E-state index contributed by atoms with van der Waals surface area (Å²) in [5.74, 6) is 0.903. The minimum absolute atomic E-state index is 0. The van der Waals surface area contributed by atoms with E-state index in [0.717, 1.165) is 64.4 Å². The van der Waals surface area contributed by atoms with E-state index in [0.29, 0.717) is 6.04 Å². The molecule has 8 heteroatoms. The molecule has 3 rings (SSSR count). The highest BCUT2D eigenvalue weighted by molar-refractivity contribution is 14.0. The van der Waals surface area contributed by atoms with Crippen LogP contribution in [0.2, 0.25) is 0 Å². The van der Waals surface area contributed by atoms with E-state index in [1.165, 1.54) is 37.0 Å². The number of guanidine groups is 1. The quantitative estimate of drug-likeness (QED) is 0.214. The van der Waals surface area contributed by atoms with Crippen molar-refractivity contribution < 1.29 is 4.74 Å². The van der Waals surface area contributed by atoms with Crippen molar-refractivity contribution in [1.82, 2.24) is 20.4 Å². The Hall–Kier alpha value is -0.420. The Kier molecular flexibility index (Phi) is 12.6. The van der Waals surface area contributed by atoms with Crippen molar-refractivity contribution in [3.8, 4) is 0 Å². The number of hydrogen-bond acceptors (Lipinski definition) is 5. The summed E-state index contributed by atoms with van der Waals surface area (Å²) < 4.78 is 5.54. The average Bonchev–Trinajstić information content (AvgIpc) is 3.31. The summed E-state index contributed by atoms with van der Waals surface area (Å²) in [6, 6.07) is 5.55. The molecule has 1 saturated heterocycles. The summed E-state index contributed by atoms with van der Waals surface area (Å²) in [6.07, 6.45) is 8.12. The molecule has 2 heterocycles. The third-order valence-electron chi connectivity index (χ3n) is 6.22. The monoisotopic (exact) mass is 549 g/mol. The van der Waals surface area contributed by atoms with Crippen LogP contribution in [-0.4, -0.2) is 81.8 Å². The van der Waals surface area contributed by atoms with E-state index in [2.05, 4.69) is 50.0 Å². The van der Waals surface area contributed by atoms with Crippen molar-refractivity contribution in [2.75, 3.05) is 60.0 Å². The van der Waals surface area contributed by atoms with Crippen molar-refractivity contribution in [2.45, 2.75) is 50.6 Å². The van der Waals surface area contributed by atoms with Crippen LogP contribution >= 0.6 is 35.3 Å². The Labute approximate surface area is 203 Å². The van der Waals surface area contributed by atoms with E-state index in [1.54, 1.807) is 0 Å². The molecular weight excluding hydrogens is 509 g/mol. The number of ether oxygens (including phenoxy) is 1. The molecule has 2 aliphatic rings. The summed E-state index contributed by atoms with van der Waals surface area (Å²) in [7, 11) is 4.15. The SMILES string of the molecule is CN=C(NCCCN(C)C1CCCCC1)NCC(c1cccs1)N1CCOCC1.I. The van der Waals surface area contributed by atoms with E-state index < -0.39 is 0 Å². The molecule has 0 amide bonds. The number of rotatable bonds is 9. The molecule has 172 valence electrons. The van der Waals surface area contributed by atoms with Crippen molar-refractivity contribution in [1.29, 1.82) is 0 Å². The average molecular weight is 550 g/mol. The highest BCUT2D eigenvalue weighted by atomic mass is 127. The predicted octanol–water partition coefficient (Wildman–Crippen LogP) is 3.56. The molecule has 6 nitrogen and oxygen atoms in total. The van der Waals surface area contributed by atoms with Gasteiger partial charge in [-0.2, -0.15) is 0 Å². The fourth-order valence-corrected chi connectivity index (χ4v) is 5.29. The van der Waals surface area contributed by atoms with Gasteiger partial charge < -0.3 is 20.3 Å². The molecule has 1 saturated carbocycles. The number of nitrogens with one attached hydrogen (secondary N) is 2. The van der Waals surface area contributed by atoms with Crippen molar-refractivity contribution in [3.63, 3.8) is 0 Å². The van der Waals surface area contributed by atoms with Gasteiger partial charge in [0, 0.05) is 44.1 Å². The maximum absolute atomic E-state index is 5.54. The fourth-order valence-electron chi connectivity index (χ4n) is 4.43. The van der Waals surface area contributed by atoms with E-state index in [-0.39, 0.29) is 24.0 Å². The molecule has 2 fully saturated rings. The topological polar surface area (TPSA) is 52.1 Å². The van der Waals surface area contributed by atoms with Gasteiger partial charge in [-0.15, -0.1) is 35.3 Å². The fraction of sp³-hybridized carbons (Fsp3) is 0.773. The zero-order chi connectivity index (χ0) is 20.3. The molecule has 1 aliphatic carbocycles. The van der Waals surface area contributed by atoms with Crippen molar-refractivity contribution in [2.24, 2.45) is 4.99 Å². The molecule has 1 unspecified atom stereocenters. The van der Waals surface area contributed by atoms with Gasteiger partial charge in [-0.1, -0.05) is 25.3 Å². The number of morpholine rings is 1. The molecule has 1 aromatic rings. The first kappa shape index (κ1) is 25.8. The second-order valence-corrected chi connectivity index (χ2v) is 9.16. The summed E-state index contributed by atoms with van der Waals surface area (Å²) in [5, 5.41) is 9.23. The standard InChI is InChI=1S/C22H39N5OS.HI/c1-23-22(24-11-7-12-26(2)19-8-4-3-5-9-19)25-18-20(21-10-6-17-29-21)27-13-15-28-16-14-27;/h6,10,17,19-20H,3-5,7-9,11-16,18H2,1-2H3,(H2,23,24,25);1H. The number of aliphatic imine (C=N–C) groups is 1. The van der Waals surface area contributed by atoms with E-state index >= 15 is 0 Å². The lowest BCUT2D eigenvalue weighted by molar-refractivity contribution is 0.0177. The van der Waals surface area contributed by atoms with Crippen LogP contribution in [0.15, 0.2) is 22.5 Å². The maximum Gasteiger partial charge on any atom is 0.191 e. The van der Waals surface area contributed by atoms with Crippen LogP contribution in [0.25, 0.3) is 0 Å². The molecule has 0 bridgehead atoms. The molecule has 0 radical (unpaired) electrons. The van der Waals surface area contributed by atoms with Crippen molar-refractivity contribution >= 4 is 41.3 Å².